The smallest absolute Gasteiger partial charge is 0.481 e. The van der Waals surface area contributed by atoms with Gasteiger partial charge in [-0.3, -0.25) is 4.79 Å². The number of carbonyl (C=O) groups is 1. The van der Waals surface area contributed by atoms with Crippen molar-refractivity contribution in [2.75, 3.05) is 0 Å². The summed E-state index contributed by atoms with van der Waals surface area (Å²) in [6, 6.07) is 0. The van der Waals surface area contributed by atoms with E-state index in [2.05, 4.69) is 6.92 Å². The van der Waals surface area contributed by atoms with Gasteiger partial charge in [0.05, 0.1) is 5.92 Å². The van der Waals surface area contributed by atoms with Gasteiger partial charge in [-0.2, -0.15) is 27.7 Å². The van der Waals surface area contributed by atoms with Gasteiger partial charge in [0.25, 0.3) is 0 Å². The van der Waals surface area contributed by atoms with Crippen molar-refractivity contribution in [2.45, 2.75) is 67.2 Å². The van der Waals surface area contributed by atoms with Gasteiger partial charge in [0.2, 0.25) is 0 Å². The fourth-order valence-corrected chi connectivity index (χ4v) is 0.953. The zero-order chi connectivity index (χ0) is 13.4. The predicted octanol–water partition coefficient (Wildman–Crippen LogP) is 4.75. The molecule has 0 rings (SSSR count). The van der Waals surface area contributed by atoms with Crippen LogP contribution in [0, 0.1) is 18.8 Å². The van der Waals surface area contributed by atoms with Gasteiger partial charge in [0, 0.05) is 0 Å². The third kappa shape index (κ3) is 31.4. The topological polar surface area (TPSA) is 37.3 Å². The van der Waals surface area contributed by atoms with Crippen LogP contribution in [-0.4, -0.2) is 11.1 Å². The van der Waals surface area contributed by atoms with Crippen molar-refractivity contribution in [3.63, 3.8) is 0 Å². The van der Waals surface area contributed by atoms with E-state index in [1.54, 1.807) is 0 Å². The van der Waals surface area contributed by atoms with Gasteiger partial charge < -0.3 is 17.9 Å². The number of carboxylic acid groups (broad SMARTS) is 1. The molecule has 0 aromatic rings. The molecule has 0 aliphatic heterocycles. The Morgan fingerprint density at radius 2 is 1.47 bits per heavy atom. The summed E-state index contributed by atoms with van der Waals surface area (Å²) in [6.07, 6.45) is 7.71. The maximum Gasteiger partial charge on any atom is 2.00 e. The van der Waals surface area contributed by atoms with Crippen LogP contribution in [-0.2, 0) is 21.9 Å². The van der Waals surface area contributed by atoms with Crippen molar-refractivity contribution < 1.29 is 27.0 Å². The van der Waals surface area contributed by atoms with Crippen molar-refractivity contribution in [2.24, 2.45) is 5.92 Å². The molecule has 17 heavy (non-hydrogen) atoms. The Balaban J connectivity index is -0.000000102. The largest absolute Gasteiger partial charge is 2.00 e. The molecular formula is C14H30FeO2. The Kier molecular flexibility index (Phi) is 37.8. The molecule has 0 heterocycles. The van der Waals surface area contributed by atoms with Crippen LogP contribution in [0.1, 0.15) is 67.2 Å². The van der Waals surface area contributed by atoms with Gasteiger partial charge in [-0.1, -0.05) is 26.7 Å². The van der Waals surface area contributed by atoms with Crippen molar-refractivity contribution in [1.82, 2.24) is 0 Å². The molecule has 1 atom stereocenters. The summed E-state index contributed by atoms with van der Waals surface area (Å²) in [6.45, 7) is 12.0. The van der Waals surface area contributed by atoms with Crippen LogP contribution in [0.5, 0.6) is 0 Å². The summed E-state index contributed by atoms with van der Waals surface area (Å²) in [5.74, 6) is -0.754. The molecule has 0 fully saturated rings. The van der Waals surface area contributed by atoms with E-state index in [9.17, 15) is 4.79 Å². The zero-order valence-electron chi connectivity index (χ0n) is 12.3. The van der Waals surface area contributed by atoms with E-state index in [1.165, 1.54) is 0 Å². The fourth-order valence-electron chi connectivity index (χ4n) is 0.953. The number of hydrogen-bond donors (Lipinski definition) is 1. The SMILES string of the molecule is CCCCC(CC)C(=O)O.C[CH-]C.C[CH-]C.[Fe+2]. The second kappa shape index (κ2) is 25.0. The third-order valence-electron chi connectivity index (χ3n) is 1.75. The molecule has 0 aromatic carbocycles. The van der Waals surface area contributed by atoms with Gasteiger partial charge in [-0.25, -0.2) is 0 Å². The molecular weight excluding hydrogens is 256 g/mol. The second-order valence-electron chi connectivity index (χ2n) is 3.74. The van der Waals surface area contributed by atoms with Gasteiger partial charge in [0.15, 0.2) is 0 Å². The van der Waals surface area contributed by atoms with E-state index >= 15 is 0 Å². The number of rotatable bonds is 5. The molecule has 0 saturated carbocycles. The van der Waals surface area contributed by atoms with Crippen LogP contribution in [0.3, 0.4) is 0 Å². The minimum absolute atomic E-state index is 0. The number of unbranched alkanes of at least 4 members (excludes halogenated alkanes) is 1. The molecule has 0 aromatic heterocycles. The van der Waals surface area contributed by atoms with Crippen LogP contribution in [0.4, 0.5) is 0 Å². The molecule has 0 radical (unpaired) electrons. The zero-order valence-corrected chi connectivity index (χ0v) is 13.4. The minimum Gasteiger partial charge on any atom is -0.481 e. The molecule has 1 unspecified atom stereocenters. The third-order valence-corrected chi connectivity index (χ3v) is 1.75. The van der Waals surface area contributed by atoms with Crippen LogP contribution in [0.15, 0.2) is 0 Å². The van der Waals surface area contributed by atoms with Crippen LogP contribution in [0.25, 0.3) is 0 Å². The first-order chi connectivity index (χ1) is 7.55. The van der Waals surface area contributed by atoms with Gasteiger partial charge in [0.1, 0.15) is 0 Å². The molecule has 0 saturated heterocycles. The van der Waals surface area contributed by atoms with E-state index in [4.69, 9.17) is 5.11 Å². The molecule has 106 valence electrons. The first-order valence-electron chi connectivity index (χ1n) is 6.26. The second-order valence-corrected chi connectivity index (χ2v) is 3.74. The number of hydrogen-bond acceptors (Lipinski definition) is 1. The molecule has 0 spiro atoms. The molecule has 1 N–H and O–H groups in total. The normalized spacial score (nSPS) is 9.76. The van der Waals surface area contributed by atoms with Crippen molar-refractivity contribution >= 4 is 5.97 Å². The van der Waals surface area contributed by atoms with E-state index in [0.717, 1.165) is 25.7 Å². The quantitative estimate of drug-likeness (QED) is 0.585. The molecule has 3 heteroatoms. The Labute approximate surface area is 119 Å². The molecule has 0 aliphatic carbocycles. The molecule has 0 aliphatic rings. The Hall–Kier alpha value is -0.0105. The van der Waals surface area contributed by atoms with E-state index in [1.807, 2.05) is 47.5 Å². The average Bonchev–Trinajstić information content (AvgIpc) is 2.21. The minimum atomic E-state index is -0.643. The number of carboxylic acids is 1. The van der Waals surface area contributed by atoms with Gasteiger partial charge in [-0.05, 0) is 12.8 Å². The van der Waals surface area contributed by atoms with E-state index in [0.29, 0.717) is 0 Å². The molecule has 0 amide bonds. The standard InChI is InChI=1S/C8H16O2.2C3H7.Fe/c1-3-5-6-7(4-2)8(9)10;2*1-3-2;/h7H,3-6H2,1-2H3,(H,9,10);2*3H,1-2H3;/q;2*-1;+2. The predicted molar refractivity (Wildman–Crippen MR) is 72.2 cm³/mol. The summed E-state index contributed by atoms with van der Waals surface area (Å²) in [7, 11) is 0. The maximum atomic E-state index is 10.4. The summed E-state index contributed by atoms with van der Waals surface area (Å²) in [4.78, 5) is 10.4. The molecule has 2 nitrogen and oxygen atoms in total. The maximum absolute atomic E-state index is 10.4. The summed E-state index contributed by atoms with van der Waals surface area (Å²) in [5.41, 5.74) is 0. The van der Waals surface area contributed by atoms with Gasteiger partial charge >= 0.3 is 23.0 Å². The number of aliphatic carboxylic acids is 1. The fraction of sp³-hybridized carbons (Fsp3) is 0.786. The van der Waals surface area contributed by atoms with Crippen molar-refractivity contribution in [3.05, 3.63) is 12.8 Å². The van der Waals surface area contributed by atoms with Crippen molar-refractivity contribution in [3.8, 4) is 0 Å². The summed E-state index contributed by atoms with van der Waals surface area (Å²) in [5, 5.41) is 8.60. The van der Waals surface area contributed by atoms with Gasteiger partial charge in [-0.15, -0.1) is 0 Å². The van der Waals surface area contributed by atoms with E-state index in [-0.39, 0.29) is 23.0 Å². The molecule has 0 bridgehead atoms. The summed E-state index contributed by atoms with van der Waals surface area (Å²) < 4.78 is 0. The Morgan fingerprint density at radius 3 is 1.65 bits per heavy atom. The first-order valence-corrected chi connectivity index (χ1v) is 6.26. The van der Waals surface area contributed by atoms with Crippen LogP contribution >= 0.6 is 0 Å². The Bertz CT molecular complexity index is 125. The van der Waals surface area contributed by atoms with Crippen LogP contribution < -0.4 is 0 Å². The van der Waals surface area contributed by atoms with Crippen LogP contribution in [0.2, 0.25) is 0 Å². The summed E-state index contributed by atoms with van der Waals surface area (Å²) >= 11 is 0. The first kappa shape index (κ1) is 25.7. The Morgan fingerprint density at radius 1 is 1.12 bits per heavy atom. The monoisotopic (exact) mass is 286 g/mol. The van der Waals surface area contributed by atoms with Crippen molar-refractivity contribution in [1.29, 1.82) is 0 Å². The van der Waals surface area contributed by atoms with E-state index < -0.39 is 5.97 Å². The average molecular weight is 286 g/mol.